The molecule has 2 amide bonds. The van der Waals surface area contributed by atoms with Gasteiger partial charge in [-0.1, -0.05) is 12.1 Å². The van der Waals surface area contributed by atoms with Crippen molar-refractivity contribution in [3.63, 3.8) is 0 Å². The van der Waals surface area contributed by atoms with Crippen molar-refractivity contribution in [1.82, 2.24) is 19.8 Å². The van der Waals surface area contributed by atoms with Crippen LogP contribution in [0.1, 0.15) is 59.2 Å². The second-order valence-electron chi connectivity index (χ2n) is 8.35. The summed E-state index contributed by atoms with van der Waals surface area (Å²) < 4.78 is 18.4. The maximum Gasteiger partial charge on any atom is 0.257 e. The van der Waals surface area contributed by atoms with Crippen molar-refractivity contribution in [1.29, 1.82) is 0 Å². The number of halogens is 1. The second kappa shape index (κ2) is 10.2. The lowest BCUT2D eigenvalue weighted by Crippen LogP contribution is -2.41. The molecule has 0 unspecified atom stereocenters. The number of carbonyl (C=O) groups is 2. The van der Waals surface area contributed by atoms with Gasteiger partial charge in [0.05, 0.1) is 30.5 Å². The number of ether oxygens (including phenoxy) is 1. The van der Waals surface area contributed by atoms with E-state index in [-0.39, 0.29) is 23.7 Å². The molecule has 0 aliphatic carbocycles. The van der Waals surface area contributed by atoms with Crippen LogP contribution < -0.4 is 0 Å². The average Bonchev–Trinajstić information content (AvgIpc) is 3.30. The van der Waals surface area contributed by atoms with Crippen LogP contribution in [0.3, 0.4) is 0 Å². The minimum atomic E-state index is -0.257. The van der Waals surface area contributed by atoms with Crippen molar-refractivity contribution in [2.45, 2.75) is 45.1 Å². The number of carbonyl (C=O) groups excluding carboxylic acids is 2. The second-order valence-corrected chi connectivity index (χ2v) is 8.35. The first kappa shape index (κ1) is 22.3. The molecule has 1 atom stereocenters. The topological polar surface area (TPSA) is 75.6 Å². The zero-order chi connectivity index (χ0) is 22.5. The summed E-state index contributed by atoms with van der Waals surface area (Å²) >= 11 is 0. The maximum atomic E-state index is 13.2. The molecule has 2 fully saturated rings. The average molecular weight is 441 g/mol. The fourth-order valence-electron chi connectivity index (χ4n) is 4.43. The quantitative estimate of drug-likeness (QED) is 0.690. The van der Waals surface area contributed by atoms with Gasteiger partial charge < -0.3 is 14.5 Å². The van der Waals surface area contributed by atoms with E-state index in [0.717, 1.165) is 24.8 Å². The molecule has 2 saturated heterocycles. The van der Waals surface area contributed by atoms with Crippen molar-refractivity contribution in [3.8, 4) is 0 Å². The van der Waals surface area contributed by atoms with Gasteiger partial charge in [0.25, 0.3) is 5.91 Å². The largest absolute Gasteiger partial charge is 0.378 e. The number of likely N-dealkylation sites (tertiary alicyclic amines) is 1. The highest BCUT2D eigenvalue weighted by atomic mass is 19.1. The molecular weight excluding hydrogens is 411 g/mol. The zero-order valence-corrected chi connectivity index (χ0v) is 18.4. The fraction of sp³-hybridized carbons (Fsp3) is 0.500. The number of morpholine rings is 1. The molecule has 0 N–H and O–H groups in total. The molecule has 3 heterocycles. The highest BCUT2D eigenvalue weighted by Gasteiger charge is 2.34. The van der Waals surface area contributed by atoms with Crippen LogP contribution in [0.15, 0.2) is 30.5 Å². The minimum absolute atomic E-state index is 0.0654. The molecule has 2 aliphatic heterocycles. The maximum absolute atomic E-state index is 13.2. The molecule has 2 aliphatic rings. The minimum Gasteiger partial charge on any atom is -0.378 e. The van der Waals surface area contributed by atoms with E-state index in [0.29, 0.717) is 62.8 Å². The molecule has 0 spiro atoms. The highest BCUT2D eigenvalue weighted by molar-refractivity contribution is 5.95. The lowest BCUT2D eigenvalue weighted by molar-refractivity contribution is -0.132. The molecule has 0 saturated carbocycles. The van der Waals surface area contributed by atoms with Crippen molar-refractivity contribution < 1.29 is 18.7 Å². The Morgan fingerprint density at radius 2 is 1.91 bits per heavy atom. The van der Waals surface area contributed by atoms with Crippen LogP contribution in [0, 0.1) is 12.7 Å². The molecule has 170 valence electrons. The van der Waals surface area contributed by atoms with E-state index in [4.69, 9.17) is 4.74 Å². The molecule has 7 nitrogen and oxygen atoms in total. The van der Waals surface area contributed by atoms with Gasteiger partial charge in [0, 0.05) is 32.3 Å². The molecular formula is C24H29FN4O3. The Kier molecular flexibility index (Phi) is 7.09. The van der Waals surface area contributed by atoms with Crippen molar-refractivity contribution >= 4 is 11.8 Å². The predicted molar refractivity (Wildman–Crippen MR) is 117 cm³/mol. The standard InChI is InChI=1S/C24H29FN4O3/c1-17-26-16-20(24(31)28-12-14-32-15-13-28)23(27-17)21-5-3-11-29(21)22(30)6-2-4-18-7-9-19(25)10-8-18/h7-10,16,21H,2-6,11-15H2,1H3/t21-/m0/s1. The Bertz CT molecular complexity index is 960. The van der Waals surface area contributed by atoms with Gasteiger partial charge in [-0.05, 0) is 50.3 Å². The summed E-state index contributed by atoms with van der Waals surface area (Å²) in [5, 5.41) is 0. The summed E-state index contributed by atoms with van der Waals surface area (Å²) in [5.41, 5.74) is 2.15. The van der Waals surface area contributed by atoms with Gasteiger partial charge in [-0.15, -0.1) is 0 Å². The van der Waals surface area contributed by atoms with Crippen LogP contribution in [-0.4, -0.2) is 64.4 Å². The number of hydrogen-bond acceptors (Lipinski definition) is 5. The highest BCUT2D eigenvalue weighted by Crippen LogP contribution is 2.34. The molecule has 8 heteroatoms. The van der Waals surface area contributed by atoms with Crippen molar-refractivity contribution in [2.75, 3.05) is 32.8 Å². The molecule has 4 rings (SSSR count). The van der Waals surface area contributed by atoms with Gasteiger partial charge in [0.15, 0.2) is 0 Å². The predicted octanol–water partition coefficient (Wildman–Crippen LogP) is 3.08. The molecule has 0 bridgehead atoms. The van der Waals surface area contributed by atoms with E-state index in [9.17, 15) is 14.0 Å². The Hall–Kier alpha value is -2.87. The number of aryl methyl sites for hydroxylation is 2. The zero-order valence-electron chi connectivity index (χ0n) is 18.4. The SMILES string of the molecule is Cc1ncc(C(=O)N2CCOCC2)c([C@@H]2CCCN2C(=O)CCCc2ccc(F)cc2)n1. The van der Waals surface area contributed by atoms with Crippen molar-refractivity contribution in [2.24, 2.45) is 0 Å². The van der Waals surface area contributed by atoms with Gasteiger partial charge in [-0.3, -0.25) is 9.59 Å². The normalized spacial score (nSPS) is 18.8. The number of hydrogen-bond donors (Lipinski definition) is 0. The third kappa shape index (κ3) is 5.12. The van der Waals surface area contributed by atoms with E-state index in [1.807, 2.05) is 4.90 Å². The van der Waals surface area contributed by atoms with Gasteiger partial charge in [-0.25, -0.2) is 14.4 Å². The van der Waals surface area contributed by atoms with Gasteiger partial charge in [0.2, 0.25) is 5.91 Å². The van der Waals surface area contributed by atoms with E-state index in [2.05, 4.69) is 9.97 Å². The molecule has 32 heavy (non-hydrogen) atoms. The lowest BCUT2D eigenvalue weighted by Gasteiger charge is -2.29. The van der Waals surface area contributed by atoms with Gasteiger partial charge in [-0.2, -0.15) is 0 Å². The van der Waals surface area contributed by atoms with Gasteiger partial charge in [0.1, 0.15) is 11.6 Å². The fourth-order valence-corrected chi connectivity index (χ4v) is 4.43. The number of nitrogens with zero attached hydrogens (tertiary/aromatic N) is 4. The van der Waals surface area contributed by atoms with Crippen LogP contribution >= 0.6 is 0 Å². The number of aromatic nitrogens is 2. The van der Waals surface area contributed by atoms with E-state index in [1.165, 1.54) is 12.1 Å². The Labute approximate surface area is 187 Å². The molecule has 0 radical (unpaired) electrons. The number of rotatable bonds is 6. The van der Waals surface area contributed by atoms with Crippen LogP contribution in [-0.2, 0) is 16.0 Å². The van der Waals surface area contributed by atoms with E-state index in [1.54, 1.807) is 30.2 Å². The molecule has 1 aromatic carbocycles. The third-order valence-corrected chi connectivity index (χ3v) is 6.13. The van der Waals surface area contributed by atoms with Crippen LogP contribution in [0.4, 0.5) is 4.39 Å². The first-order chi connectivity index (χ1) is 15.5. The smallest absolute Gasteiger partial charge is 0.257 e. The Morgan fingerprint density at radius 1 is 1.16 bits per heavy atom. The van der Waals surface area contributed by atoms with E-state index >= 15 is 0 Å². The van der Waals surface area contributed by atoms with Crippen LogP contribution in [0.25, 0.3) is 0 Å². The summed E-state index contributed by atoms with van der Waals surface area (Å²) in [6.07, 6.45) is 5.08. The third-order valence-electron chi connectivity index (χ3n) is 6.13. The molecule has 2 aromatic rings. The van der Waals surface area contributed by atoms with E-state index < -0.39 is 0 Å². The lowest BCUT2D eigenvalue weighted by atomic mass is 10.0. The first-order valence-electron chi connectivity index (χ1n) is 11.3. The Morgan fingerprint density at radius 3 is 2.66 bits per heavy atom. The summed E-state index contributed by atoms with van der Waals surface area (Å²) in [7, 11) is 0. The summed E-state index contributed by atoms with van der Waals surface area (Å²) in [5.74, 6) is 0.302. The van der Waals surface area contributed by atoms with Crippen LogP contribution in [0.5, 0.6) is 0 Å². The number of amides is 2. The molecule has 1 aromatic heterocycles. The monoisotopic (exact) mass is 440 g/mol. The summed E-state index contributed by atoms with van der Waals surface area (Å²) in [6.45, 7) is 4.60. The summed E-state index contributed by atoms with van der Waals surface area (Å²) in [6, 6.07) is 6.18. The first-order valence-corrected chi connectivity index (χ1v) is 11.3. The Balaban J connectivity index is 1.46. The summed E-state index contributed by atoms with van der Waals surface area (Å²) in [4.78, 5) is 38.7. The number of benzene rings is 1. The van der Waals surface area contributed by atoms with Crippen LogP contribution in [0.2, 0.25) is 0 Å². The van der Waals surface area contributed by atoms with Crippen molar-refractivity contribution in [3.05, 3.63) is 58.9 Å². The van der Waals surface area contributed by atoms with Gasteiger partial charge >= 0.3 is 0 Å².